The van der Waals surface area contributed by atoms with Gasteiger partial charge in [-0.3, -0.25) is 4.79 Å². The van der Waals surface area contributed by atoms with Crippen LogP contribution >= 0.6 is 11.6 Å². The molecule has 1 amide bonds. The molecule has 0 spiro atoms. The van der Waals surface area contributed by atoms with Crippen molar-refractivity contribution in [3.63, 3.8) is 0 Å². The maximum atomic E-state index is 12.3. The van der Waals surface area contributed by atoms with E-state index in [1.165, 1.54) is 10.9 Å². The first-order chi connectivity index (χ1) is 13.2. The molecule has 0 aliphatic rings. The molecule has 0 bridgehead atoms. The molecule has 0 saturated carbocycles. The Bertz CT molecular complexity index is 1080. The molecule has 2 aromatic heterocycles. The van der Waals surface area contributed by atoms with Crippen molar-refractivity contribution in [3.05, 3.63) is 95.3 Å². The number of hydrogen-bond acceptors (Lipinski definition) is 1. The average Bonchev–Trinajstić information content (AvgIpc) is 3.08. The lowest BCUT2D eigenvalue weighted by atomic mass is 10.1. The molecule has 0 fully saturated rings. The number of aromatic nitrogens is 2. The Morgan fingerprint density at radius 3 is 2.43 bits per heavy atom. The predicted octanol–water partition coefficient (Wildman–Crippen LogP) is 1.07. The molecule has 0 aliphatic heterocycles. The number of amides is 1. The molecule has 2 aromatic carbocycles. The maximum absolute atomic E-state index is 12.3. The highest BCUT2D eigenvalue weighted by Gasteiger charge is 2.19. The SMILES string of the molecule is O=C(NCCc1c(-[n+]2ccccc2)[nH]c2ccccc12)c1ccc(Cl)cc1.[Br-]. The number of rotatable bonds is 5. The van der Waals surface area contributed by atoms with Crippen LogP contribution in [0, 0.1) is 0 Å². The summed E-state index contributed by atoms with van der Waals surface area (Å²) in [5.74, 6) is 0.929. The van der Waals surface area contributed by atoms with Gasteiger partial charge in [-0.25, -0.2) is 9.55 Å². The van der Waals surface area contributed by atoms with Gasteiger partial charge in [-0.15, -0.1) is 0 Å². The number of halogens is 2. The van der Waals surface area contributed by atoms with E-state index in [1.807, 2.05) is 42.7 Å². The Balaban J connectivity index is 0.00000225. The summed E-state index contributed by atoms with van der Waals surface area (Å²) >= 11 is 5.88. The molecular formula is C22H19BrClN3O. The Hall–Kier alpha value is -2.63. The number of benzene rings is 2. The molecule has 2 N–H and O–H groups in total. The van der Waals surface area contributed by atoms with Crippen LogP contribution < -0.4 is 26.9 Å². The normalized spacial score (nSPS) is 10.5. The molecule has 28 heavy (non-hydrogen) atoms. The van der Waals surface area contributed by atoms with Gasteiger partial charge >= 0.3 is 0 Å². The maximum Gasteiger partial charge on any atom is 0.288 e. The first kappa shape index (κ1) is 20.1. The fourth-order valence-corrected chi connectivity index (χ4v) is 3.34. The number of pyridine rings is 1. The Kier molecular flexibility index (Phi) is 6.49. The van der Waals surface area contributed by atoms with Gasteiger partial charge in [0.15, 0.2) is 0 Å². The zero-order valence-electron chi connectivity index (χ0n) is 15.0. The standard InChI is InChI=1S/C22H18ClN3O.BrH/c23-17-10-8-16(9-11-17)22(27)24-13-12-19-18-6-2-3-7-20(18)25-21(19)26-14-4-1-5-15-26;/h1-11,14-15,25H,12-13H2;1H. The molecule has 4 aromatic rings. The summed E-state index contributed by atoms with van der Waals surface area (Å²) < 4.78 is 2.07. The fraction of sp³-hybridized carbons (Fsp3) is 0.0909. The zero-order chi connectivity index (χ0) is 18.6. The van der Waals surface area contributed by atoms with Gasteiger partial charge in [-0.2, -0.15) is 0 Å². The van der Waals surface area contributed by atoms with Gasteiger partial charge in [-0.1, -0.05) is 35.9 Å². The van der Waals surface area contributed by atoms with Crippen LogP contribution in [0.15, 0.2) is 79.1 Å². The van der Waals surface area contributed by atoms with Crippen molar-refractivity contribution in [2.45, 2.75) is 6.42 Å². The lowest BCUT2D eigenvalue weighted by molar-refractivity contribution is -0.599. The van der Waals surface area contributed by atoms with Crippen molar-refractivity contribution in [3.8, 4) is 5.82 Å². The molecule has 142 valence electrons. The second kappa shape index (κ2) is 9.04. The topological polar surface area (TPSA) is 48.8 Å². The number of hydrogen-bond donors (Lipinski definition) is 2. The van der Waals surface area contributed by atoms with Gasteiger partial charge in [0, 0.05) is 22.5 Å². The number of fused-ring (bicyclic) bond motifs is 1. The quantitative estimate of drug-likeness (QED) is 0.434. The highest BCUT2D eigenvalue weighted by Crippen LogP contribution is 2.22. The van der Waals surface area contributed by atoms with E-state index in [-0.39, 0.29) is 22.9 Å². The van der Waals surface area contributed by atoms with Crippen molar-refractivity contribution >= 4 is 28.4 Å². The number of carbonyl (C=O) groups is 1. The van der Waals surface area contributed by atoms with E-state index in [0.29, 0.717) is 17.1 Å². The lowest BCUT2D eigenvalue weighted by Crippen LogP contribution is -3.00. The molecule has 0 saturated heterocycles. The van der Waals surface area contributed by atoms with Crippen molar-refractivity contribution in [1.29, 1.82) is 0 Å². The van der Waals surface area contributed by atoms with Gasteiger partial charge in [0.05, 0.1) is 18.0 Å². The minimum absolute atomic E-state index is 0. The summed E-state index contributed by atoms with van der Waals surface area (Å²) in [5, 5.41) is 4.79. The van der Waals surface area contributed by atoms with Gasteiger partial charge < -0.3 is 22.3 Å². The summed E-state index contributed by atoms with van der Waals surface area (Å²) in [6.07, 6.45) is 4.75. The number of nitrogens with one attached hydrogen (secondary N) is 2. The van der Waals surface area contributed by atoms with E-state index >= 15 is 0 Å². The van der Waals surface area contributed by atoms with Crippen molar-refractivity contribution < 1.29 is 26.3 Å². The van der Waals surface area contributed by atoms with Crippen LogP contribution in [0.2, 0.25) is 5.02 Å². The molecule has 6 heteroatoms. The van der Waals surface area contributed by atoms with Crippen LogP contribution in [0.4, 0.5) is 0 Å². The molecule has 2 heterocycles. The molecule has 4 rings (SSSR count). The van der Waals surface area contributed by atoms with Gasteiger partial charge in [0.2, 0.25) is 0 Å². The Morgan fingerprint density at radius 1 is 0.964 bits per heavy atom. The van der Waals surface area contributed by atoms with E-state index in [4.69, 9.17) is 11.6 Å². The summed E-state index contributed by atoms with van der Waals surface area (Å²) in [4.78, 5) is 15.8. The molecular weight excluding hydrogens is 438 g/mol. The molecule has 0 aliphatic carbocycles. The summed E-state index contributed by atoms with van der Waals surface area (Å²) in [6.45, 7) is 0.545. The molecule has 0 atom stereocenters. The molecule has 4 nitrogen and oxygen atoms in total. The predicted molar refractivity (Wildman–Crippen MR) is 107 cm³/mol. The van der Waals surface area contributed by atoms with Crippen molar-refractivity contribution in [2.24, 2.45) is 0 Å². The lowest BCUT2D eigenvalue weighted by Gasteiger charge is -2.06. The van der Waals surface area contributed by atoms with Crippen LogP contribution in [-0.4, -0.2) is 17.4 Å². The minimum Gasteiger partial charge on any atom is -1.00 e. The van der Waals surface area contributed by atoms with Crippen molar-refractivity contribution in [2.75, 3.05) is 6.54 Å². The highest BCUT2D eigenvalue weighted by atomic mass is 79.9. The summed E-state index contributed by atoms with van der Waals surface area (Å²) in [7, 11) is 0. The van der Waals surface area contributed by atoms with Crippen LogP contribution in [0.25, 0.3) is 16.7 Å². The van der Waals surface area contributed by atoms with E-state index < -0.39 is 0 Å². The van der Waals surface area contributed by atoms with E-state index in [0.717, 1.165) is 17.8 Å². The smallest absolute Gasteiger partial charge is 0.288 e. The number of H-pyrrole nitrogens is 1. The first-order valence-electron chi connectivity index (χ1n) is 8.82. The average molecular weight is 457 g/mol. The Morgan fingerprint density at radius 2 is 1.68 bits per heavy atom. The second-order valence-corrected chi connectivity index (χ2v) is 6.73. The number of carbonyl (C=O) groups excluding carboxylic acids is 1. The van der Waals surface area contributed by atoms with Gasteiger partial charge in [0.1, 0.15) is 5.52 Å². The third kappa shape index (κ3) is 4.26. The highest BCUT2D eigenvalue weighted by molar-refractivity contribution is 6.30. The number of nitrogens with zero attached hydrogens (tertiary/aromatic N) is 1. The fourth-order valence-electron chi connectivity index (χ4n) is 3.21. The van der Waals surface area contributed by atoms with Crippen LogP contribution in [0.1, 0.15) is 15.9 Å². The third-order valence-corrected chi connectivity index (χ3v) is 4.78. The van der Waals surface area contributed by atoms with Crippen LogP contribution in [-0.2, 0) is 6.42 Å². The van der Waals surface area contributed by atoms with E-state index in [2.05, 4.69) is 27.0 Å². The number of aromatic amines is 1. The molecule has 0 radical (unpaired) electrons. The van der Waals surface area contributed by atoms with Crippen molar-refractivity contribution in [1.82, 2.24) is 10.3 Å². The first-order valence-corrected chi connectivity index (χ1v) is 9.20. The van der Waals surface area contributed by atoms with Crippen LogP contribution in [0.3, 0.4) is 0 Å². The molecule has 0 unspecified atom stereocenters. The minimum atomic E-state index is -0.0968. The van der Waals surface area contributed by atoms with Gasteiger partial charge in [-0.05, 0) is 48.9 Å². The van der Waals surface area contributed by atoms with E-state index in [9.17, 15) is 4.79 Å². The van der Waals surface area contributed by atoms with Gasteiger partial charge in [0.25, 0.3) is 11.7 Å². The largest absolute Gasteiger partial charge is 1.00 e. The number of para-hydroxylation sites is 1. The summed E-state index contributed by atoms with van der Waals surface area (Å²) in [5.41, 5.74) is 2.87. The summed E-state index contributed by atoms with van der Waals surface area (Å²) in [6, 6.07) is 21.1. The monoisotopic (exact) mass is 455 g/mol. The third-order valence-electron chi connectivity index (χ3n) is 4.53. The Labute approximate surface area is 178 Å². The second-order valence-electron chi connectivity index (χ2n) is 6.29. The zero-order valence-corrected chi connectivity index (χ0v) is 17.4. The van der Waals surface area contributed by atoms with Crippen LogP contribution in [0.5, 0.6) is 0 Å². The van der Waals surface area contributed by atoms with E-state index in [1.54, 1.807) is 24.3 Å².